The normalized spacial score (nSPS) is 31.5. The van der Waals surface area contributed by atoms with Crippen molar-refractivity contribution in [3.8, 4) is 0 Å². The van der Waals surface area contributed by atoms with Crippen LogP contribution in [0.3, 0.4) is 0 Å². The van der Waals surface area contributed by atoms with Crippen LogP contribution in [0.15, 0.2) is 0 Å². The molecule has 0 spiro atoms. The Kier molecular flexibility index (Phi) is 4.36. The molecule has 2 fully saturated rings. The summed E-state index contributed by atoms with van der Waals surface area (Å²) in [6.45, 7) is 10.1. The van der Waals surface area contributed by atoms with Gasteiger partial charge < -0.3 is 15.0 Å². The summed E-state index contributed by atoms with van der Waals surface area (Å²) >= 11 is 0. The second-order valence-corrected chi connectivity index (χ2v) is 4.84. The van der Waals surface area contributed by atoms with E-state index in [-0.39, 0.29) is 18.1 Å². The first-order valence-electron chi connectivity index (χ1n) is 6.57. The van der Waals surface area contributed by atoms with Gasteiger partial charge in [0.2, 0.25) is 0 Å². The molecular weight excluding hydrogens is 218 g/mol. The Labute approximate surface area is 103 Å². The van der Waals surface area contributed by atoms with E-state index >= 15 is 0 Å². The highest BCUT2D eigenvalue weighted by Crippen LogP contribution is 2.11. The number of carbonyl (C=O) groups excluding carboxylic acids is 1. The number of likely N-dealkylation sites (N-methyl/N-ethyl adjacent to an activating group) is 1. The third-order valence-corrected chi connectivity index (χ3v) is 3.66. The number of rotatable bonds is 2. The number of morpholine rings is 1. The van der Waals surface area contributed by atoms with Crippen molar-refractivity contribution in [1.82, 2.24) is 15.1 Å². The van der Waals surface area contributed by atoms with Crippen LogP contribution in [0.4, 0.5) is 0 Å². The van der Waals surface area contributed by atoms with Crippen molar-refractivity contribution in [2.75, 3.05) is 45.9 Å². The quantitative estimate of drug-likeness (QED) is 0.710. The molecule has 2 saturated heterocycles. The zero-order valence-corrected chi connectivity index (χ0v) is 10.8. The molecule has 5 nitrogen and oxygen atoms in total. The molecule has 2 rings (SSSR count). The molecule has 1 N–H and O–H groups in total. The molecule has 5 heteroatoms. The van der Waals surface area contributed by atoms with Gasteiger partial charge >= 0.3 is 0 Å². The van der Waals surface area contributed by atoms with E-state index < -0.39 is 0 Å². The fourth-order valence-corrected chi connectivity index (χ4v) is 2.49. The third kappa shape index (κ3) is 2.97. The molecule has 1 unspecified atom stereocenters. The molecule has 0 bridgehead atoms. The zero-order chi connectivity index (χ0) is 12.3. The van der Waals surface area contributed by atoms with Gasteiger partial charge in [-0.05, 0) is 13.5 Å². The van der Waals surface area contributed by atoms with E-state index in [2.05, 4.69) is 24.1 Å². The van der Waals surface area contributed by atoms with Gasteiger partial charge in [0.15, 0.2) is 0 Å². The molecule has 2 aliphatic heterocycles. The Balaban J connectivity index is 1.93. The molecule has 1 amide bonds. The maximum Gasteiger partial charge on any atom is 0.253 e. The maximum absolute atomic E-state index is 12.4. The summed E-state index contributed by atoms with van der Waals surface area (Å²) in [5.74, 6) is 0.164. The van der Waals surface area contributed by atoms with E-state index in [1.54, 1.807) is 0 Å². The van der Waals surface area contributed by atoms with E-state index in [1.807, 2.05) is 4.90 Å². The fraction of sp³-hybridized carbons (Fsp3) is 0.917. The van der Waals surface area contributed by atoms with Crippen molar-refractivity contribution in [2.24, 2.45) is 0 Å². The summed E-state index contributed by atoms with van der Waals surface area (Å²) in [7, 11) is 0. The highest BCUT2D eigenvalue weighted by molar-refractivity contribution is 5.81. The van der Waals surface area contributed by atoms with Crippen molar-refractivity contribution in [2.45, 2.75) is 26.0 Å². The van der Waals surface area contributed by atoms with Gasteiger partial charge in [0.05, 0.1) is 6.61 Å². The van der Waals surface area contributed by atoms with Crippen LogP contribution in [-0.4, -0.2) is 73.7 Å². The second kappa shape index (κ2) is 5.80. The summed E-state index contributed by atoms with van der Waals surface area (Å²) in [6, 6.07) is 0.275. The predicted octanol–water partition coefficient (Wildman–Crippen LogP) is -0.473. The molecular formula is C12H23N3O2. The predicted molar refractivity (Wildman–Crippen MR) is 65.9 cm³/mol. The lowest BCUT2D eigenvalue weighted by atomic mass is 10.1. The minimum absolute atomic E-state index is 0.164. The Morgan fingerprint density at radius 2 is 2.29 bits per heavy atom. The van der Waals surface area contributed by atoms with Gasteiger partial charge in [0.25, 0.3) is 5.91 Å². The lowest BCUT2D eigenvalue weighted by Gasteiger charge is -2.39. The topological polar surface area (TPSA) is 44.8 Å². The number of nitrogens with one attached hydrogen (secondary N) is 1. The Morgan fingerprint density at radius 3 is 3.00 bits per heavy atom. The minimum atomic E-state index is -0.260. The Bertz CT molecular complexity index is 272. The van der Waals surface area contributed by atoms with E-state index in [4.69, 9.17) is 4.74 Å². The SMILES string of the molecule is CCN1CCOC(C(=O)N2CCNC[C@@H]2C)C1. The van der Waals surface area contributed by atoms with Crippen LogP contribution >= 0.6 is 0 Å². The van der Waals surface area contributed by atoms with Crippen LogP contribution < -0.4 is 5.32 Å². The van der Waals surface area contributed by atoms with Gasteiger partial charge in [-0.15, -0.1) is 0 Å². The van der Waals surface area contributed by atoms with Crippen LogP contribution in [0.2, 0.25) is 0 Å². The average molecular weight is 241 g/mol. The number of piperazine rings is 1. The molecule has 0 aromatic carbocycles. The number of carbonyl (C=O) groups is 1. The van der Waals surface area contributed by atoms with Crippen molar-refractivity contribution in [1.29, 1.82) is 0 Å². The van der Waals surface area contributed by atoms with Crippen LogP contribution in [0.5, 0.6) is 0 Å². The van der Waals surface area contributed by atoms with Gasteiger partial charge in [-0.3, -0.25) is 9.69 Å². The zero-order valence-electron chi connectivity index (χ0n) is 10.8. The lowest BCUT2D eigenvalue weighted by Crippen LogP contribution is -2.58. The lowest BCUT2D eigenvalue weighted by molar-refractivity contribution is -0.152. The molecule has 0 aromatic rings. The molecule has 2 heterocycles. The second-order valence-electron chi connectivity index (χ2n) is 4.84. The van der Waals surface area contributed by atoms with Gasteiger partial charge in [-0.25, -0.2) is 0 Å². The van der Waals surface area contributed by atoms with E-state index in [0.717, 1.165) is 39.3 Å². The Hall–Kier alpha value is -0.650. The molecule has 2 atom stereocenters. The fourth-order valence-electron chi connectivity index (χ4n) is 2.49. The van der Waals surface area contributed by atoms with Crippen LogP contribution in [0.25, 0.3) is 0 Å². The van der Waals surface area contributed by atoms with Crippen LogP contribution in [0.1, 0.15) is 13.8 Å². The van der Waals surface area contributed by atoms with Gasteiger partial charge in [0.1, 0.15) is 6.10 Å². The minimum Gasteiger partial charge on any atom is -0.366 e. The van der Waals surface area contributed by atoms with Crippen LogP contribution in [0, 0.1) is 0 Å². The van der Waals surface area contributed by atoms with Crippen molar-refractivity contribution < 1.29 is 9.53 Å². The number of hydrogen-bond acceptors (Lipinski definition) is 4. The van der Waals surface area contributed by atoms with Crippen LogP contribution in [-0.2, 0) is 9.53 Å². The van der Waals surface area contributed by atoms with Crippen molar-refractivity contribution in [3.05, 3.63) is 0 Å². The van der Waals surface area contributed by atoms with Gasteiger partial charge in [0, 0.05) is 38.8 Å². The van der Waals surface area contributed by atoms with E-state index in [9.17, 15) is 4.79 Å². The first-order valence-corrected chi connectivity index (χ1v) is 6.57. The molecule has 98 valence electrons. The average Bonchev–Trinajstić information content (AvgIpc) is 2.38. The number of amides is 1. The molecule has 17 heavy (non-hydrogen) atoms. The summed E-state index contributed by atoms with van der Waals surface area (Å²) in [5.41, 5.74) is 0. The van der Waals surface area contributed by atoms with Crippen molar-refractivity contribution in [3.63, 3.8) is 0 Å². The van der Waals surface area contributed by atoms with E-state index in [1.165, 1.54) is 0 Å². The first-order chi connectivity index (χ1) is 8.22. The third-order valence-electron chi connectivity index (χ3n) is 3.66. The number of hydrogen-bond donors (Lipinski definition) is 1. The highest BCUT2D eigenvalue weighted by atomic mass is 16.5. The van der Waals surface area contributed by atoms with Gasteiger partial charge in [-0.2, -0.15) is 0 Å². The number of ether oxygens (including phenoxy) is 1. The van der Waals surface area contributed by atoms with E-state index in [0.29, 0.717) is 6.61 Å². The molecule has 0 aromatic heterocycles. The summed E-state index contributed by atoms with van der Waals surface area (Å²) in [6.07, 6.45) is -0.260. The first kappa shape index (κ1) is 12.8. The standard InChI is InChI=1S/C12H23N3O2/c1-3-14-6-7-17-11(9-14)12(16)15-5-4-13-8-10(15)2/h10-11,13H,3-9H2,1-2H3/t10-,11?/m0/s1. The van der Waals surface area contributed by atoms with Crippen molar-refractivity contribution >= 4 is 5.91 Å². The summed E-state index contributed by atoms with van der Waals surface area (Å²) in [5, 5.41) is 3.30. The summed E-state index contributed by atoms with van der Waals surface area (Å²) in [4.78, 5) is 16.6. The monoisotopic (exact) mass is 241 g/mol. The molecule has 0 radical (unpaired) electrons. The van der Waals surface area contributed by atoms with Gasteiger partial charge in [-0.1, -0.05) is 6.92 Å². The largest absolute Gasteiger partial charge is 0.366 e. The molecule has 2 aliphatic rings. The number of nitrogens with zero attached hydrogens (tertiary/aromatic N) is 2. The summed E-state index contributed by atoms with van der Waals surface area (Å²) < 4.78 is 5.62. The molecule has 0 saturated carbocycles. The highest BCUT2D eigenvalue weighted by Gasteiger charge is 2.32. The molecule has 0 aliphatic carbocycles. The Morgan fingerprint density at radius 1 is 1.47 bits per heavy atom. The maximum atomic E-state index is 12.4. The smallest absolute Gasteiger partial charge is 0.253 e.